The summed E-state index contributed by atoms with van der Waals surface area (Å²) in [6.07, 6.45) is 2.77. The van der Waals surface area contributed by atoms with Crippen LogP contribution in [-0.4, -0.2) is 31.2 Å². The Morgan fingerprint density at radius 1 is 0.900 bits per heavy atom. The van der Waals surface area contributed by atoms with Gasteiger partial charge in [-0.05, 0) is 52.8 Å². The van der Waals surface area contributed by atoms with Crippen molar-refractivity contribution in [2.45, 2.75) is 30.7 Å². The summed E-state index contributed by atoms with van der Waals surface area (Å²) in [6, 6.07) is 22.3. The summed E-state index contributed by atoms with van der Waals surface area (Å²) < 4.78 is 0. The van der Waals surface area contributed by atoms with Crippen LogP contribution in [-0.2, 0) is 11.2 Å². The summed E-state index contributed by atoms with van der Waals surface area (Å²) in [7, 11) is 0. The first-order valence-electron chi connectivity index (χ1n) is 10.6. The van der Waals surface area contributed by atoms with E-state index < -0.39 is 0 Å². The summed E-state index contributed by atoms with van der Waals surface area (Å²) in [4.78, 5) is 14.8. The van der Waals surface area contributed by atoms with Gasteiger partial charge in [-0.3, -0.25) is 10.1 Å². The topological polar surface area (TPSA) is 44.4 Å². The van der Waals surface area contributed by atoms with Crippen LogP contribution in [0, 0.1) is 0 Å². The number of halogens is 1. The average molecular weight is 420 g/mol. The molecule has 1 amide bonds. The molecule has 2 saturated heterocycles. The minimum atomic E-state index is -0.360. The molecule has 5 heteroatoms. The number of anilines is 1. The summed E-state index contributed by atoms with van der Waals surface area (Å²) in [5.41, 5.74) is 5.30. The lowest BCUT2D eigenvalue weighted by Gasteiger charge is -2.39. The molecule has 2 N–H and O–H groups in total. The molecular formula is C25H26ClN3O. The molecule has 6 rings (SSSR count). The number of nitrogens with zero attached hydrogens (tertiary/aromatic N) is 1. The molecule has 0 radical (unpaired) electrons. The minimum absolute atomic E-state index is 0. The van der Waals surface area contributed by atoms with E-state index in [9.17, 15) is 4.79 Å². The summed E-state index contributed by atoms with van der Waals surface area (Å²) in [5.74, 6) is 0.569. The van der Waals surface area contributed by atoms with E-state index in [2.05, 4.69) is 76.2 Å². The molecule has 2 aliphatic heterocycles. The van der Waals surface area contributed by atoms with Crippen molar-refractivity contribution in [1.29, 1.82) is 0 Å². The van der Waals surface area contributed by atoms with Crippen molar-refractivity contribution in [3.8, 4) is 0 Å². The Kier molecular flexibility index (Phi) is 4.72. The highest BCUT2D eigenvalue weighted by atomic mass is 35.5. The molecule has 1 spiro atoms. The lowest BCUT2D eigenvalue weighted by Crippen LogP contribution is -2.54. The van der Waals surface area contributed by atoms with Gasteiger partial charge in [0.15, 0.2) is 0 Å². The van der Waals surface area contributed by atoms with Crippen LogP contribution in [0.5, 0.6) is 0 Å². The number of carbonyl (C=O) groups is 1. The van der Waals surface area contributed by atoms with E-state index in [1.807, 2.05) is 0 Å². The highest BCUT2D eigenvalue weighted by molar-refractivity contribution is 5.92. The Morgan fingerprint density at radius 2 is 1.63 bits per heavy atom. The summed E-state index contributed by atoms with van der Waals surface area (Å²) >= 11 is 0. The van der Waals surface area contributed by atoms with Gasteiger partial charge in [-0.15, -0.1) is 12.4 Å². The molecule has 30 heavy (non-hydrogen) atoms. The molecule has 1 aliphatic carbocycles. The normalized spacial score (nSPS) is 21.7. The molecule has 2 heterocycles. The molecule has 1 unspecified atom stereocenters. The third-order valence-electron chi connectivity index (χ3n) is 7.20. The fourth-order valence-corrected chi connectivity index (χ4v) is 5.66. The van der Waals surface area contributed by atoms with Crippen molar-refractivity contribution in [3.63, 3.8) is 0 Å². The molecule has 3 aromatic carbocycles. The zero-order chi connectivity index (χ0) is 19.4. The molecule has 4 nitrogen and oxygen atoms in total. The van der Waals surface area contributed by atoms with Crippen LogP contribution in [0.25, 0.3) is 10.8 Å². The van der Waals surface area contributed by atoms with Gasteiger partial charge in [0.2, 0.25) is 5.91 Å². The standard InChI is InChI=1S/C25H25N3O.ClH/c29-24-25(27-16-26-24)11-13-28(14-12-25)22-10-2-1-8-19(22)21-15-18-7-3-5-17-6-4-9-20(21)23(17)18;/h1-10,21,27H,11-16H2,(H,26,29);1H. The first kappa shape index (κ1) is 19.4. The summed E-state index contributed by atoms with van der Waals surface area (Å²) in [6.45, 7) is 2.41. The molecule has 2 fully saturated rings. The largest absolute Gasteiger partial charge is 0.371 e. The van der Waals surface area contributed by atoms with Gasteiger partial charge in [-0.2, -0.15) is 0 Å². The number of benzene rings is 3. The Balaban J connectivity index is 0.00000193. The Hall–Kier alpha value is -2.56. The van der Waals surface area contributed by atoms with Gasteiger partial charge in [0, 0.05) is 24.7 Å². The van der Waals surface area contributed by atoms with E-state index in [4.69, 9.17) is 0 Å². The van der Waals surface area contributed by atoms with E-state index in [1.165, 1.54) is 33.2 Å². The van der Waals surface area contributed by atoms with Crippen molar-refractivity contribution in [1.82, 2.24) is 10.6 Å². The third kappa shape index (κ3) is 2.82. The SMILES string of the molecule is Cl.O=C1NCNC12CCN(c1ccccc1C1Cc3cccc4cccc1c34)CC2. The molecule has 3 aromatic rings. The smallest absolute Gasteiger partial charge is 0.241 e. The highest BCUT2D eigenvalue weighted by Gasteiger charge is 2.44. The number of carbonyl (C=O) groups excluding carboxylic acids is 1. The van der Waals surface area contributed by atoms with E-state index in [0.29, 0.717) is 12.6 Å². The zero-order valence-electron chi connectivity index (χ0n) is 16.9. The van der Waals surface area contributed by atoms with Crippen molar-refractivity contribution >= 4 is 34.8 Å². The van der Waals surface area contributed by atoms with Crippen LogP contribution in [0.3, 0.4) is 0 Å². The van der Waals surface area contributed by atoms with E-state index in [-0.39, 0.29) is 23.9 Å². The van der Waals surface area contributed by atoms with Gasteiger partial charge < -0.3 is 10.2 Å². The van der Waals surface area contributed by atoms with E-state index in [1.54, 1.807) is 0 Å². The molecular weight excluding hydrogens is 394 g/mol. The molecule has 0 saturated carbocycles. The van der Waals surface area contributed by atoms with E-state index in [0.717, 1.165) is 32.4 Å². The van der Waals surface area contributed by atoms with Gasteiger partial charge >= 0.3 is 0 Å². The van der Waals surface area contributed by atoms with Crippen LogP contribution in [0.1, 0.15) is 35.4 Å². The third-order valence-corrected chi connectivity index (χ3v) is 7.20. The maximum absolute atomic E-state index is 12.3. The number of rotatable bonds is 2. The maximum atomic E-state index is 12.3. The van der Waals surface area contributed by atoms with Gasteiger partial charge in [0.05, 0.1) is 6.67 Å². The van der Waals surface area contributed by atoms with Gasteiger partial charge in [0.1, 0.15) is 5.54 Å². The lowest BCUT2D eigenvalue weighted by molar-refractivity contribution is -0.124. The predicted molar refractivity (Wildman–Crippen MR) is 124 cm³/mol. The average Bonchev–Trinajstić information content (AvgIpc) is 3.31. The van der Waals surface area contributed by atoms with Crippen molar-refractivity contribution < 1.29 is 4.79 Å². The van der Waals surface area contributed by atoms with Crippen LogP contribution in [0.4, 0.5) is 5.69 Å². The Labute approximate surface area is 183 Å². The van der Waals surface area contributed by atoms with Gasteiger partial charge in [-0.1, -0.05) is 54.6 Å². The molecule has 154 valence electrons. The van der Waals surface area contributed by atoms with Crippen molar-refractivity contribution in [2.75, 3.05) is 24.7 Å². The molecule has 1 atom stereocenters. The van der Waals surface area contributed by atoms with Crippen LogP contribution < -0.4 is 15.5 Å². The fraction of sp³-hybridized carbons (Fsp3) is 0.320. The lowest BCUT2D eigenvalue weighted by atomic mass is 9.86. The fourth-order valence-electron chi connectivity index (χ4n) is 5.66. The van der Waals surface area contributed by atoms with E-state index >= 15 is 0 Å². The number of hydrogen-bond donors (Lipinski definition) is 2. The van der Waals surface area contributed by atoms with Crippen LogP contribution in [0.2, 0.25) is 0 Å². The second-order valence-electron chi connectivity index (χ2n) is 8.61. The predicted octanol–water partition coefficient (Wildman–Crippen LogP) is 3.97. The van der Waals surface area contributed by atoms with Gasteiger partial charge in [0.25, 0.3) is 0 Å². The van der Waals surface area contributed by atoms with Crippen LogP contribution >= 0.6 is 12.4 Å². The van der Waals surface area contributed by atoms with Crippen molar-refractivity contribution in [3.05, 3.63) is 77.4 Å². The first-order valence-corrected chi connectivity index (χ1v) is 10.6. The number of piperidine rings is 1. The highest BCUT2D eigenvalue weighted by Crippen LogP contribution is 2.45. The Morgan fingerprint density at radius 3 is 2.40 bits per heavy atom. The number of nitrogens with one attached hydrogen (secondary N) is 2. The number of para-hydroxylation sites is 1. The number of amides is 1. The quantitative estimate of drug-likeness (QED) is 0.660. The molecule has 0 bridgehead atoms. The maximum Gasteiger partial charge on any atom is 0.241 e. The minimum Gasteiger partial charge on any atom is -0.371 e. The zero-order valence-corrected chi connectivity index (χ0v) is 17.7. The second-order valence-corrected chi connectivity index (χ2v) is 8.61. The van der Waals surface area contributed by atoms with Gasteiger partial charge in [-0.25, -0.2) is 0 Å². The monoisotopic (exact) mass is 419 g/mol. The molecule has 0 aromatic heterocycles. The van der Waals surface area contributed by atoms with Crippen LogP contribution in [0.15, 0.2) is 60.7 Å². The first-order chi connectivity index (χ1) is 14.3. The van der Waals surface area contributed by atoms with Crippen molar-refractivity contribution in [2.24, 2.45) is 0 Å². The molecule has 3 aliphatic rings. The second kappa shape index (κ2) is 7.29. The summed E-state index contributed by atoms with van der Waals surface area (Å²) in [5, 5.41) is 9.13. The Bertz CT molecular complexity index is 1120. The number of hydrogen-bond acceptors (Lipinski definition) is 3.